The molecule has 1 fully saturated rings. The summed E-state index contributed by atoms with van der Waals surface area (Å²) in [5, 5.41) is 13.3. The maximum Gasteiger partial charge on any atom is 0.0499 e. The van der Waals surface area contributed by atoms with Crippen LogP contribution in [0.5, 0.6) is 0 Å². The van der Waals surface area contributed by atoms with E-state index in [4.69, 9.17) is 0 Å². The maximum absolute atomic E-state index is 9.69. The van der Waals surface area contributed by atoms with E-state index in [9.17, 15) is 5.11 Å². The van der Waals surface area contributed by atoms with Crippen LogP contribution in [0.15, 0.2) is 0 Å². The van der Waals surface area contributed by atoms with Gasteiger partial charge in [-0.2, -0.15) is 0 Å². The second kappa shape index (κ2) is 7.49. The Kier molecular flexibility index (Phi) is 6.65. The zero-order valence-corrected chi connectivity index (χ0v) is 12.8. The van der Waals surface area contributed by atoms with E-state index >= 15 is 0 Å². The van der Waals surface area contributed by atoms with E-state index < -0.39 is 0 Å². The second-order valence-electron chi connectivity index (χ2n) is 7.00. The van der Waals surface area contributed by atoms with Crippen LogP contribution in [-0.4, -0.2) is 24.8 Å². The average Bonchev–Trinajstić information content (AvgIpc) is 2.35. The first kappa shape index (κ1) is 16.0. The van der Waals surface area contributed by atoms with E-state index in [1.54, 1.807) is 0 Å². The lowest BCUT2D eigenvalue weighted by Crippen LogP contribution is -2.41. The highest BCUT2D eigenvalue weighted by atomic mass is 16.3. The first-order valence-corrected chi connectivity index (χ1v) is 7.82. The number of aliphatic hydroxyl groups is 1. The molecule has 2 nitrogen and oxygen atoms in total. The molecule has 18 heavy (non-hydrogen) atoms. The van der Waals surface area contributed by atoms with Crippen LogP contribution in [0.3, 0.4) is 0 Å². The SMILES string of the molecule is CC(C)C(CNCC1(CO)CCCCC1)C(C)C. The lowest BCUT2D eigenvalue weighted by Gasteiger charge is -2.37. The highest BCUT2D eigenvalue weighted by molar-refractivity contribution is 4.85. The Morgan fingerprint density at radius 2 is 1.56 bits per heavy atom. The van der Waals surface area contributed by atoms with Crippen molar-refractivity contribution in [2.75, 3.05) is 19.7 Å². The molecule has 0 amide bonds. The van der Waals surface area contributed by atoms with Gasteiger partial charge in [-0.15, -0.1) is 0 Å². The summed E-state index contributed by atoms with van der Waals surface area (Å²) in [5.41, 5.74) is 0.177. The molecule has 0 spiro atoms. The molecule has 2 heteroatoms. The molecule has 1 rings (SSSR count). The fraction of sp³-hybridized carbons (Fsp3) is 1.00. The standard InChI is InChI=1S/C16H33NO/c1-13(2)15(14(3)4)10-17-11-16(12-18)8-6-5-7-9-16/h13-15,17-18H,5-12H2,1-4H3. The van der Waals surface area contributed by atoms with Crippen LogP contribution in [0, 0.1) is 23.2 Å². The van der Waals surface area contributed by atoms with Crippen molar-refractivity contribution in [1.29, 1.82) is 0 Å². The number of hydrogen-bond donors (Lipinski definition) is 2. The van der Waals surface area contributed by atoms with Crippen molar-refractivity contribution in [2.24, 2.45) is 23.2 Å². The second-order valence-corrected chi connectivity index (χ2v) is 7.00. The average molecular weight is 255 g/mol. The third-order valence-electron chi connectivity index (χ3n) is 4.84. The highest BCUT2D eigenvalue weighted by Crippen LogP contribution is 2.35. The van der Waals surface area contributed by atoms with E-state index in [-0.39, 0.29) is 5.41 Å². The Bertz CT molecular complexity index is 211. The summed E-state index contributed by atoms with van der Waals surface area (Å²) in [7, 11) is 0. The molecule has 108 valence electrons. The molecule has 0 unspecified atom stereocenters. The third kappa shape index (κ3) is 4.55. The van der Waals surface area contributed by atoms with Gasteiger partial charge in [0.05, 0.1) is 0 Å². The smallest absolute Gasteiger partial charge is 0.0499 e. The van der Waals surface area contributed by atoms with Crippen molar-refractivity contribution in [2.45, 2.75) is 59.8 Å². The van der Waals surface area contributed by atoms with Crippen LogP contribution in [0.2, 0.25) is 0 Å². The Hall–Kier alpha value is -0.0800. The number of nitrogens with one attached hydrogen (secondary N) is 1. The Morgan fingerprint density at radius 1 is 1.00 bits per heavy atom. The molecule has 0 heterocycles. The zero-order valence-electron chi connectivity index (χ0n) is 12.8. The minimum atomic E-state index is 0.177. The predicted octanol–water partition coefficient (Wildman–Crippen LogP) is 3.45. The molecule has 0 atom stereocenters. The Morgan fingerprint density at radius 3 is 2.00 bits per heavy atom. The summed E-state index contributed by atoms with van der Waals surface area (Å²) in [6.07, 6.45) is 6.33. The summed E-state index contributed by atoms with van der Waals surface area (Å²) < 4.78 is 0. The minimum Gasteiger partial charge on any atom is -0.396 e. The fourth-order valence-electron chi connectivity index (χ4n) is 3.44. The topological polar surface area (TPSA) is 32.3 Å². The number of hydrogen-bond acceptors (Lipinski definition) is 2. The van der Waals surface area contributed by atoms with Crippen molar-refractivity contribution < 1.29 is 5.11 Å². The van der Waals surface area contributed by atoms with E-state index in [0.29, 0.717) is 6.61 Å². The summed E-state index contributed by atoms with van der Waals surface area (Å²) >= 11 is 0. The Balaban J connectivity index is 2.38. The molecular weight excluding hydrogens is 222 g/mol. The molecule has 0 bridgehead atoms. The van der Waals surface area contributed by atoms with Crippen molar-refractivity contribution >= 4 is 0 Å². The molecule has 2 N–H and O–H groups in total. The van der Waals surface area contributed by atoms with Crippen LogP contribution < -0.4 is 5.32 Å². The van der Waals surface area contributed by atoms with Gasteiger partial charge in [-0.25, -0.2) is 0 Å². The van der Waals surface area contributed by atoms with Crippen molar-refractivity contribution in [3.05, 3.63) is 0 Å². The molecule has 0 aromatic rings. The molecule has 1 aliphatic carbocycles. The van der Waals surface area contributed by atoms with Crippen molar-refractivity contribution in [3.63, 3.8) is 0 Å². The normalized spacial score (nSPS) is 20.0. The number of aliphatic hydroxyl groups excluding tert-OH is 1. The molecule has 1 saturated carbocycles. The largest absolute Gasteiger partial charge is 0.396 e. The van der Waals surface area contributed by atoms with Crippen LogP contribution in [-0.2, 0) is 0 Å². The van der Waals surface area contributed by atoms with E-state index in [1.165, 1.54) is 32.1 Å². The fourth-order valence-corrected chi connectivity index (χ4v) is 3.44. The van der Waals surface area contributed by atoms with E-state index in [2.05, 4.69) is 33.0 Å². The summed E-state index contributed by atoms with van der Waals surface area (Å²) in [5.74, 6) is 2.20. The Labute approximate surface area is 114 Å². The monoisotopic (exact) mass is 255 g/mol. The van der Waals surface area contributed by atoms with Gasteiger partial charge in [-0.05, 0) is 37.1 Å². The summed E-state index contributed by atoms with van der Waals surface area (Å²) in [4.78, 5) is 0. The van der Waals surface area contributed by atoms with Gasteiger partial charge in [0, 0.05) is 18.6 Å². The highest BCUT2D eigenvalue weighted by Gasteiger charge is 2.31. The van der Waals surface area contributed by atoms with Gasteiger partial charge in [-0.1, -0.05) is 47.0 Å². The summed E-state index contributed by atoms with van der Waals surface area (Å²) in [6.45, 7) is 11.7. The lowest BCUT2D eigenvalue weighted by molar-refractivity contribution is 0.0785. The first-order chi connectivity index (χ1) is 8.51. The molecular formula is C16H33NO. The van der Waals surface area contributed by atoms with Gasteiger partial charge in [0.25, 0.3) is 0 Å². The number of rotatable bonds is 7. The molecule has 0 radical (unpaired) electrons. The van der Waals surface area contributed by atoms with Gasteiger partial charge in [-0.3, -0.25) is 0 Å². The summed E-state index contributed by atoms with van der Waals surface area (Å²) in [6, 6.07) is 0. The quantitative estimate of drug-likeness (QED) is 0.730. The van der Waals surface area contributed by atoms with Crippen LogP contribution in [0.4, 0.5) is 0 Å². The van der Waals surface area contributed by atoms with Crippen LogP contribution in [0.1, 0.15) is 59.8 Å². The molecule has 1 aliphatic rings. The minimum absolute atomic E-state index is 0.177. The molecule has 0 aliphatic heterocycles. The van der Waals surface area contributed by atoms with Gasteiger partial charge in [0.15, 0.2) is 0 Å². The van der Waals surface area contributed by atoms with Gasteiger partial charge in [0.2, 0.25) is 0 Å². The van der Waals surface area contributed by atoms with Gasteiger partial charge in [0.1, 0.15) is 0 Å². The third-order valence-corrected chi connectivity index (χ3v) is 4.84. The van der Waals surface area contributed by atoms with Crippen molar-refractivity contribution in [3.8, 4) is 0 Å². The van der Waals surface area contributed by atoms with Crippen LogP contribution >= 0.6 is 0 Å². The lowest BCUT2D eigenvalue weighted by atomic mass is 9.74. The van der Waals surface area contributed by atoms with E-state index in [1.807, 2.05) is 0 Å². The molecule has 0 aromatic carbocycles. The molecule has 0 aromatic heterocycles. The van der Waals surface area contributed by atoms with Gasteiger partial charge >= 0.3 is 0 Å². The first-order valence-electron chi connectivity index (χ1n) is 7.82. The molecule has 0 saturated heterocycles. The maximum atomic E-state index is 9.69. The van der Waals surface area contributed by atoms with Gasteiger partial charge < -0.3 is 10.4 Å². The van der Waals surface area contributed by atoms with Crippen molar-refractivity contribution in [1.82, 2.24) is 5.32 Å². The van der Waals surface area contributed by atoms with Crippen LogP contribution in [0.25, 0.3) is 0 Å². The predicted molar refractivity (Wildman–Crippen MR) is 78.6 cm³/mol. The van der Waals surface area contributed by atoms with E-state index in [0.717, 1.165) is 30.8 Å². The zero-order chi connectivity index (χ0) is 13.6.